The Labute approximate surface area is 125 Å². The van der Waals surface area contributed by atoms with Crippen LogP contribution in [0.1, 0.15) is 49.8 Å². The van der Waals surface area contributed by atoms with E-state index in [1.54, 1.807) is 11.3 Å². The summed E-state index contributed by atoms with van der Waals surface area (Å²) in [4.78, 5) is 10.9. The summed E-state index contributed by atoms with van der Waals surface area (Å²) in [6.07, 6.45) is 3.96. The van der Waals surface area contributed by atoms with E-state index >= 15 is 0 Å². The zero-order valence-corrected chi connectivity index (χ0v) is 13.3. The van der Waals surface area contributed by atoms with Crippen molar-refractivity contribution in [1.29, 1.82) is 0 Å². The second kappa shape index (κ2) is 6.00. The van der Waals surface area contributed by atoms with E-state index in [9.17, 15) is 5.11 Å². The van der Waals surface area contributed by atoms with Gasteiger partial charge >= 0.3 is 0 Å². The predicted octanol–water partition coefficient (Wildman–Crippen LogP) is 2.43. The first-order valence-corrected chi connectivity index (χ1v) is 8.71. The standard InChI is InChI=1S/C15H25N3OS/c1-3-17(4-2)11-8-9-18(10-11)15-16-12-6-5-7-13(19)14(12)20-15/h11,13,19H,3-10H2,1-2H3. The molecule has 1 aliphatic carbocycles. The van der Waals surface area contributed by atoms with E-state index in [-0.39, 0.29) is 6.10 Å². The first-order valence-electron chi connectivity index (χ1n) is 7.89. The summed E-state index contributed by atoms with van der Waals surface area (Å²) >= 11 is 1.72. The minimum Gasteiger partial charge on any atom is -0.388 e. The van der Waals surface area contributed by atoms with Crippen LogP contribution in [0.25, 0.3) is 0 Å². The molecule has 1 fully saturated rings. The van der Waals surface area contributed by atoms with Gasteiger partial charge in [0.25, 0.3) is 0 Å². The third-order valence-electron chi connectivity index (χ3n) is 4.67. The Morgan fingerprint density at radius 2 is 2.15 bits per heavy atom. The zero-order chi connectivity index (χ0) is 14.1. The molecule has 1 aliphatic heterocycles. The van der Waals surface area contributed by atoms with Crippen LogP contribution < -0.4 is 4.90 Å². The lowest BCUT2D eigenvalue weighted by molar-refractivity contribution is 0.160. The molecule has 2 unspecified atom stereocenters. The highest BCUT2D eigenvalue weighted by atomic mass is 32.1. The highest BCUT2D eigenvalue weighted by molar-refractivity contribution is 7.15. The van der Waals surface area contributed by atoms with Gasteiger partial charge in [-0.2, -0.15) is 0 Å². The van der Waals surface area contributed by atoms with Crippen LogP contribution in [0.5, 0.6) is 0 Å². The molecule has 0 saturated carbocycles. The minimum atomic E-state index is -0.272. The van der Waals surface area contributed by atoms with Gasteiger partial charge in [0.05, 0.1) is 16.7 Å². The lowest BCUT2D eigenvalue weighted by Gasteiger charge is -2.25. The molecule has 2 atom stereocenters. The Balaban J connectivity index is 1.72. The van der Waals surface area contributed by atoms with E-state index in [4.69, 9.17) is 4.98 Å². The first kappa shape index (κ1) is 14.3. The quantitative estimate of drug-likeness (QED) is 0.926. The Kier molecular flexibility index (Phi) is 4.29. The van der Waals surface area contributed by atoms with Crippen molar-refractivity contribution in [3.8, 4) is 0 Å². The Hall–Kier alpha value is -0.650. The number of nitrogens with zero attached hydrogens (tertiary/aromatic N) is 3. The average Bonchev–Trinajstić information content (AvgIpc) is 3.07. The molecule has 4 nitrogen and oxygen atoms in total. The number of likely N-dealkylation sites (N-methyl/N-ethyl adjacent to an activating group) is 1. The van der Waals surface area contributed by atoms with Crippen molar-refractivity contribution in [2.24, 2.45) is 0 Å². The van der Waals surface area contributed by atoms with Gasteiger partial charge in [0, 0.05) is 19.1 Å². The van der Waals surface area contributed by atoms with Crippen molar-refractivity contribution in [3.63, 3.8) is 0 Å². The maximum Gasteiger partial charge on any atom is 0.185 e. The average molecular weight is 295 g/mol. The fourth-order valence-corrected chi connectivity index (χ4v) is 4.64. The van der Waals surface area contributed by atoms with Crippen LogP contribution in [0.2, 0.25) is 0 Å². The normalized spacial score (nSPS) is 26.3. The van der Waals surface area contributed by atoms with E-state index in [1.165, 1.54) is 6.42 Å². The third kappa shape index (κ3) is 2.59. The molecule has 3 rings (SSSR count). The second-order valence-corrected chi connectivity index (χ2v) is 6.83. The van der Waals surface area contributed by atoms with E-state index in [1.807, 2.05) is 0 Å². The van der Waals surface area contributed by atoms with Crippen LogP contribution in [0.4, 0.5) is 5.13 Å². The number of thiazole rings is 1. The molecule has 5 heteroatoms. The van der Waals surface area contributed by atoms with Crippen LogP contribution in [0, 0.1) is 0 Å². The van der Waals surface area contributed by atoms with E-state index in [0.29, 0.717) is 6.04 Å². The molecule has 0 amide bonds. The number of aliphatic hydroxyl groups excluding tert-OH is 1. The topological polar surface area (TPSA) is 39.6 Å². The van der Waals surface area contributed by atoms with Gasteiger partial charge in [0.1, 0.15) is 0 Å². The van der Waals surface area contributed by atoms with Gasteiger partial charge in [0.2, 0.25) is 0 Å². The van der Waals surface area contributed by atoms with E-state index in [0.717, 1.165) is 61.1 Å². The molecule has 20 heavy (non-hydrogen) atoms. The third-order valence-corrected chi connectivity index (χ3v) is 5.93. The van der Waals surface area contributed by atoms with E-state index in [2.05, 4.69) is 23.6 Å². The van der Waals surface area contributed by atoms with Gasteiger partial charge in [-0.15, -0.1) is 0 Å². The minimum absolute atomic E-state index is 0.272. The molecule has 1 saturated heterocycles. The van der Waals surface area contributed by atoms with Gasteiger partial charge in [-0.25, -0.2) is 4.98 Å². The van der Waals surface area contributed by atoms with Crippen LogP contribution >= 0.6 is 11.3 Å². The molecule has 2 heterocycles. The summed E-state index contributed by atoms with van der Waals surface area (Å²) < 4.78 is 0. The monoisotopic (exact) mass is 295 g/mol. The Morgan fingerprint density at radius 3 is 2.85 bits per heavy atom. The highest BCUT2D eigenvalue weighted by Gasteiger charge is 2.30. The van der Waals surface area contributed by atoms with Gasteiger partial charge < -0.3 is 10.0 Å². The number of rotatable bonds is 4. The molecule has 2 aliphatic rings. The molecular weight excluding hydrogens is 270 g/mol. The molecule has 0 bridgehead atoms. The van der Waals surface area contributed by atoms with Gasteiger partial charge in [-0.1, -0.05) is 25.2 Å². The van der Waals surface area contributed by atoms with Crippen molar-refractivity contribution in [1.82, 2.24) is 9.88 Å². The maximum atomic E-state index is 10.1. The Morgan fingerprint density at radius 1 is 1.35 bits per heavy atom. The fourth-order valence-electron chi connectivity index (χ4n) is 3.47. The molecule has 0 radical (unpaired) electrons. The van der Waals surface area contributed by atoms with Crippen molar-refractivity contribution < 1.29 is 5.11 Å². The summed E-state index contributed by atoms with van der Waals surface area (Å²) in [5.74, 6) is 0. The van der Waals surface area contributed by atoms with Crippen LogP contribution in [0.15, 0.2) is 0 Å². The maximum absolute atomic E-state index is 10.1. The first-order chi connectivity index (χ1) is 9.72. The second-order valence-electron chi connectivity index (χ2n) is 5.83. The fraction of sp³-hybridized carbons (Fsp3) is 0.800. The molecule has 112 valence electrons. The van der Waals surface area contributed by atoms with Crippen molar-refractivity contribution >= 4 is 16.5 Å². The van der Waals surface area contributed by atoms with Crippen molar-refractivity contribution in [3.05, 3.63) is 10.6 Å². The summed E-state index contributed by atoms with van der Waals surface area (Å²) in [5.41, 5.74) is 1.15. The van der Waals surface area contributed by atoms with Gasteiger partial charge in [-0.3, -0.25) is 4.90 Å². The van der Waals surface area contributed by atoms with Crippen LogP contribution in [-0.2, 0) is 6.42 Å². The van der Waals surface area contributed by atoms with Gasteiger partial charge in [-0.05, 0) is 38.8 Å². The molecule has 0 spiro atoms. The summed E-state index contributed by atoms with van der Waals surface area (Å²) in [6.45, 7) is 8.92. The highest BCUT2D eigenvalue weighted by Crippen LogP contribution is 2.38. The van der Waals surface area contributed by atoms with Crippen molar-refractivity contribution in [2.75, 3.05) is 31.1 Å². The number of aromatic nitrogens is 1. The van der Waals surface area contributed by atoms with Crippen LogP contribution in [-0.4, -0.2) is 47.2 Å². The van der Waals surface area contributed by atoms with Crippen molar-refractivity contribution in [2.45, 2.75) is 51.7 Å². The number of hydrogen-bond acceptors (Lipinski definition) is 5. The summed E-state index contributed by atoms with van der Waals surface area (Å²) in [7, 11) is 0. The smallest absolute Gasteiger partial charge is 0.185 e. The number of aliphatic hydroxyl groups is 1. The van der Waals surface area contributed by atoms with E-state index < -0.39 is 0 Å². The summed E-state index contributed by atoms with van der Waals surface area (Å²) in [5, 5.41) is 11.2. The van der Waals surface area contributed by atoms with Crippen LogP contribution in [0.3, 0.4) is 0 Å². The molecular formula is C15H25N3OS. The summed E-state index contributed by atoms with van der Waals surface area (Å²) in [6, 6.07) is 0.663. The predicted molar refractivity (Wildman–Crippen MR) is 83.6 cm³/mol. The van der Waals surface area contributed by atoms with Gasteiger partial charge in [0.15, 0.2) is 5.13 Å². The lowest BCUT2D eigenvalue weighted by atomic mass is 10.0. The molecule has 0 aromatic carbocycles. The SMILES string of the molecule is CCN(CC)C1CCN(c2nc3c(s2)C(O)CCC3)C1. The molecule has 1 aromatic rings. The number of anilines is 1. The zero-order valence-electron chi connectivity index (χ0n) is 12.5. The number of aryl methyl sites for hydroxylation is 1. The number of hydrogen-bond donors (Lipinski definition) is 1. The molecule has 1 N–H and O–H groups in total. The largest absolute Gasteiger partial charge is 0.388 e. The Bertz CT molecular complexity index is 458. The molecule has 1 aromatic heterocycles. The number of fused-ring (bicyclic) bond motifs is 1. The lowest BCUT2D eigenvalue weighted by Crippen LogP contribution is -2.37.